The summed E-state index contributed by atoms with van der Waals surface area (Å²) in [6.07, 6.45) is 0. The van der Waals surface area contributed by atoms with Crippen LogP contribution in [-0.2, 0) is 7.05 Å². The highest BCUT2D eigenvalue weighted by Crippen LogP contribution is 2.22. The van der Waals surface area contributed by atoms with Crippen molar-refractivity contribution in [2.75, 3.05) is 0 Å². The fourth-order valence-electron chi connectivity index (χ4n) is 2.00. The van der Waals surface area contributed by atoms with Crippen LogP contribution in [0.4, 0.5) is 0 Å². The summed E-state index contributed by atoms with van der Waals surface area (Å²) >= 11 is 0. The quantitative estimate of drug-likeness (QED) is 0.600. The van der Waals surface area contributed by atoms with Gasteiger partial charge in [-0.15, -0.1) is 0 Å². The number of fused-ring (bicyclic) bond motifs is 1. The van der Waals surface area contributed by atoms with Crippen molar-refractivity contribution in [2.45, 2.75) is 20.8 Å². The molecule has 2 rings (SSSR count). The topological polar surface area (TPSA) is 17.8 Å². The van der Waals surface area contributed by atoms with Crippen molar-refractivity contribution in [1.29, 1.82) is 0 Å². The van der Waals surface area contributed by atoms with Crippen LogP contribution in [0.25, 0.3) is 10.9 Å². The highest BCUT2D eigenvalue weighted by atomic mass is 15.3. The van der Waals surface area contributed by atoms with E-state index in [0.29, 0.717) is 0 Å². The highest BCUT2D eigenvalue weighted by molar-refractivity contribution is 5.85. The maximum atomic E-state index is 4.41. The number of benzene rings is 1. The smallest absolute Gasteiger partial charge is 0.0687 e. The molecule has 0 spiro atoms. The molecule has 1 heterocycles. The van der Waals surface area contributed by atoms with Gasteiger partial charge in [-0.3, -0.25) is 4.68 Å². The van der Waals surface area contributed by atoms with E-state index in [9.17, 15) is 0 Å². The van der Waals surface area contributed by atoms with Crippen molar-refractivity contribution in [3.8, 4) is 0 Å². The first kappa shape index (κ1) is 8.30. The van der Waals surface area contributed by atoms with Crippen molar-refractivity contribution >= 4 is 10.9 Å². The lowest BCUT2D eigenvalue weighted by molar-refractivity contribution is 0.783. The van der Waals surface area contributed by atoms with Gasteiger partial charge in [0.15, 0.2) is 0 Å². The Morgan fingerprint density at radius 2 is 1.85 bits per heavy atom. The first-order valence-corrected chi connectivity index (χ1v) is 4.50. The molecule has 0 aliphatic heterocycles. The van der Waals surface area contributed by atoms with Crippen LogP contribution in [0, 0.1) is 20.8 Å². The van der Waals surface area contributed by atoms with Crippen molar-refractivity contribution in [1.82, 2.24) is 9.78 Å². The predicted molar refractivity (Wildman–Crippen MR) is 54.9 cm³/mol. The minimum atomic E-state index is 1.12. The molecule has 68 valence electrons. The molecule has 13 heavy (non-hydrogen) atoms. The van der Waals surface area contributed by atoms with E-state index in [2.05, 4.69) is 38.0 Å². The molecular formula is C11H14N2. The van der Waals surface area contributed by atoms with Gasteiger partial charge in [0.2, 0.25) is 0 Å². The zero-order valence-electron chi connectivity index (χ0n) is 8.55. The van der Waals surface area contributed by atoms with E-state index < -0.39 is 0 Å². The average Bonchev–Trinajstić information content (AvgIpc) is 2.27. The van der Waals surface area contributed by atoms with Gasteiger partial charge in [-0.25, -0.2) is 0 Å². The van der Waals surface area contributed by atoms with Crippen LogP contribution in [0.1, 0.15) is 16.8 Å². The Balaban J connectivity index is 2.97. The molecule has 0 fully saturated rings. The van der Waals surface area contributed by atoms with Gasteiger partial charge >= 0.3 is 0 Å². The predicted octanol–water partition coefficient (Wildman–Crippen LogP) is 2.50. The van der Waals surface area contributed by atoms with Crippen molar-refractivity contribution < 1.29 is 0 Å². The second-order valence-electron chi connectivity index (χ2n) is 3.68. The summed E-state index contributed by atoms with van der Waals surface area (Å²) in [4.78, 5) is 0. The number of rotatable bonds is 0. The van der Waals surface area contributed by atoms with E-state index in [0.717, 1.165) is 5.69 Å². The minimum Gasteiger partial charge on any atom is -0.268 e. The van der Waals surface area contributed by atoms with E-state index in [1.54, 1.807) is 0 Å². The van der Waals surface area contributed by atoms with Gasteiger partial charge in [0, 0.05) is 12.4 Å². The van der Waals surface area contributed by atoms with E-state index in [1.165, 1.54) is 22.0 Å². The summed E-state index contributed by atoms with van der Waals surface area (Å²) < 4.78 is 1.95. The van der Waals surface area contributed by atoms with Crippen LogP contribution >= 0.6 is 0 Å². The number of hydrogen-bond acceptors (Lipinski definition) is 1. The molecule has 2 nitrogen and oxygen atoms in total. The van der Waals surface area contributed by atoms with Crippen LogP contribution in [0.15, 0.2) is 12.1 Å². The third kappa shape index (κ3) is 1.13. The fraction of sp³-hybridized carbons (Fsp3) is 0.364. The van der Waals surface area contributed by atoms with Gasteiger partial charge in [0.25, 0.3) is 0 Å². The third-order valence-electron chi connectivity index (χ3n) is 2.47. The van der Waals surface area contributed by atoms with E-state index in [-0.39, 0.29) is 0 Å². The molecule has 0 bridgehead atoms. The highest BCUT2D eigenvalue weighted by Gasteiger charge is 2.07. The molecule has 0 unspecified atom stereocenters. The summed E-state index contributed by atoms with van der Waals surface area (Å²) in [6, 6.07) is 4.39. The Morgan fingerprint density at radius 1 is 1.15 bits per heavy atom. The second-order valence-corrected chi connectivity index (χ2v) is 3.68. The van der Waals surface area contributed by atoms with Gasteiger partial charge in [-0.2, -0.15) is 5.10 Å². The lowest BCUT2D eigenvalue weighted by atomic mass is 10.1. The SMILES string of the molecule is Cc1cc(C)c2c(C)nn(C)c2c1. The monoisotopic (exact) mass is 174 g/mol. The van der Waals surface area contributed by atoms with Gasteiger partial charge in [0.05, 0.1) is 11.2 Å². The van der Waals surface area contributed by atoms with Gasteiger partial charge < -0.3 is 0 Å². The molecule has 0 saturated heterocycles. The summed E-state index contributed by atoms with van der Waals surface area (Å²) in [6.45, 7) is 6.32. The first-order chi connectivity index (χ1) is 6.09. The largest absolute Gasteiger partial charge is 0.268 e. The number of aromatic nitrogens is 2. The van der Waals surface area contributed by atoms with Crippen LogP contribution < -0.4 is 0 Å². The van der Waals surface area contributed by atoms with Gasteiger partial charge in [-0.05, 0) is 38.0 Å². The molecule has 1 aromatic heterocycles. The van der Waals surface area contributed by atoms with E-state index >= 15 is 0 Å². The molecule has 1 aromatic carbocycles. The molecular weight excluding hydrogens is 160 g/mol. The number of nitrogens with zero attached hydrogens (tertiary/aromatic N) is 2. The van der Waals surface area contributed by atoms with Crippen molar-refractivity contribution in [3.05, 3.63) is 29.0 Å². The third-order valence-corrected chi connectivity index (χ3v) is 2.47. The fourth-order valence-corrected chi connectivity index (χ4v) is 2.00. The molecule has 0 aliphatic carbocycles. The van der Waals surface area contributed by atoms with Gasteiger partial charge in [-0.1, -0.05) is 6.07 Å². The Kier molecular flexibility index (Phi) is 1.65. The Labute approximate surface area is 78.2 Å². The Bertz CT molecular complexity index is 466. The lowest BCUT2D eigenvalue weighted by Crippen LogP contribution is -1.89. The molecule has 0 aliphatic rings. The minimum absolute atomic E-state index is 1.12. The molecule has 0 amide bonds. The number of aryl methyl sites for hydroxylation is 4. The zero-order valence-corrected chi connectivity index (χ0v) is 8.55. The Morgan fingerprint density at radius 3 is 2.54 bits per heavy atom. The molecule has 0 saturated carbocycles. The summed E-state index contributed by atoms with van der Waals surface area (Å²) in [7, 11) is 1.99. The molecule has 0 atom stereocenters. The molecule has 2 heteroatoms. The van der Waals surface area contributed by atoms with Crippen LogP contribution in [0.2, 0.25) is 0 Å². The lowest BCUT2D eigenvalue weighted by Gasteiger charge is -2.00. The Hall–Kier alpha value is -1.31. The summed E-state index contributed by atoms with van der Waals surface area (Å²) in [5.41, 5.74) is 4.97. The number of hydrogen-bond donors (Lipinski definition) is 0. The van der Waals surface area contributed by atoms with E-state index in [1.807, 2.05) is 11.7 Å². The van der Waals surface area contributed by atoms with Crippen molar-refractivity contribution in [2.24, 2.45) is 7.05 Å². The molecule has 0 radical (unpaired) electrons. The summed E-state index contributed by atoms with van der Waals surface area (Å²) in [5.74, 6) is 0. The normalized spacial score (nSPS) is 11.1. The maximum Gasteiger partial charge on any atom is 0.0687 e. The zero-order chi connectivity index (χ0) is 9.59. The average molecular weight is 174 g/mol. The summed E-state index contributed by atoms with van der Waals surface area (Å²) in [5, 5.41) is 5.71. The van der Waals surface area contributed by atoms with E-state index in [4.69, 9.17) is 0 Å². The maximum absolute atomic E-state index is 4.41. The standard InChI is InChI=1S/C11H14N2/c1-7-5-8(2)11-9(3)12-13(4)10(11)6-7/h5-6H,1-4H3. The molecule has 0 N–H and O–H groups in total. The van der Waals surface area contributed by atoms with Crippen LogP contribution in [0.5, 0.6) is 0 Å². The second kappa shape index (κ2) is 2.59. The van der Waals surface area contributed by atoms with Crippen LogP contribution in [-0.4, -0.2) is 9.78 Å². The first-order valence-electron chi connectivity index (χ1n) is 4.50. The molecule has 2 aromatic rings. The van der Waals surface area contributed by atoms with Crippen molar-refractivity contribution in [3.63, 3.8) is 0 Å². The van der Waals surface area contributed by atoms with Crippen LogP contribution in [0.3, 0.4) is 0 Å². The van der Waals surface area contributed by atoms with Gasteiger partial charge in [0.1, 0.15) is 0 Å².